The van der Waals surface area contributed by atoms with E-state index in [2.05, 4.69) is 11.9 Å². The van der Waals surface area contributed by atoms with Crippen LogP contribution in [0.4, 0.5) is 0 Å². The van der Waals surface area contributed by atoms with Gasteiger partial charge >= 0.3 is 0 Å². The lowest BCUT2D eigenvalue weighted by Gasteiger charge is -2.38. The zero-order valence-corrected chi connectivity index (χ0v) is 10.8. The molecule has 0 aromatic rings. The molecule has 1 unspecified atom stereocenters. The second-order valence-electron chi connectivity index (χ2n) is 5.41. The molecule has 0 aromatic heterocycles. The first-order valence-electron chi connectivity index (χ1n) is 6.35. The number of nitrogens with two attached hydrogens (primary N) is 1. The van der Waals surface area contributed by atoms with Crippen LogP contribution in [0.2, 0.25) is 0 Å². The minimum absolute atomic E-state index is 0.0459. The molecule has 0 aromatic carbocycles. The van der Waals surface area contributed by atoms with Crippen molar-refractivity contribution >= 4 is 5.91 Å². The summed E-state index contributed by atoms with van der Waals surface area (Å²) in [6.45, 7) is 3.07. The molecule has 2 N–H and O–H groups in total. The van der Waals surface area contributed by atoms with E-state index in [0.717, 1.165) is 25.9 Å². The number of piperidine rings is 1. The molecular weight excluding hydrogens is 218 g/mol. The quantitative estimate of drug-likeness (QED) is 0.718. The Hall–Kier alpha value is -0.650. The molecule has 2 rings (SSSR count). The van der Waals surface area contributed by atoms with Crippen LogP contribution in [0.3, 0.4) is 0 Å². The molecule has 0 radical (unpaired) electrons. The number of likely N-dealkylation sites (tertiary alicyclic amines) is 1. The number of carbonyl (C=O) groups excluding carboxylic acids is 1. The molecule has 17 heavy (non-hydrogen) atoms. The number of carbonyl (C=O) groups is 1. The highest BCUT2D eigenvalue weighted by molar-refractivity contribution is 5.86. The molecule has 2 aliphatic rings. The van der Waals surface area contributed by atoms with Gasteiger partial charge in [0.1, 0.15) is 5.54 Å². The molecule has 2 heterocycles. The zero-order valence-electron chi connectivity index (χ0n) is 10.8. The van der Waals surface area contributed by atoms with Gasteiger partial charge in [0, 0.05) is 19.7 Å². The maximum absolute atomic E-state index is 12.4. The second kappa shape index (κ2) is 4.92. The lowest BCUT2D eigenvalue weighted by molar-refractivity contribution is -0.138. The van der Waals surface area contributed by atoms with E-state index in [1.807, 2.05) is 11.9 Å². The highest BCUT2D eigenvalue weighted by Crippen LogP contribution is 2.22. The van der Waals surface area contributed by atoms with Crippen molar-refractivity contribution in [2.45, 2.75) is 30.8 Å². The van der Waals surface area contributed by atoms with Gasteiger partial charge < -0.3 is 20.3 Å². The number of nitrogens with zero attached hydrogens (tertiary/aromatic N) is 2. The Balaban J connectivity index is 1.95. The molecule has 5 nitrogen and oxygen atoms in total. The van der Waals surface area contributed by atoms with Crippen molar-refractivity contribution in [2.75, 3.05) is 40.4 Å². The third kappa shape index (κ3) is 2.61. The summed E-state index contributed by atoms with van der Waals surface area (Å²) < 4.78 is 5.26. The summed E-state index contributed by atoms with van der Waals surface area (Å²) >= 11 is 0. The van der Waals surface area contributed by atoms with Gasteiger partial charge in [0.05, 0.1) is 6.61 Å². The predicted octanol–water partition coefficient (Wildman–Crippen LogP) is -0.343. The van der Waals surface area contributed by atoms with Gasteiger partial charge in [-0.25, -0.2) is 0 Å². The number of hydrogen-bond donors (Lipinski definition) is 1. The SMILES string of the molecule is CN1CCC(N(C)C(=O)C2(N)CCOC2)CC1. The number of amides is 1. The topological polar surface area (TPSA) is 58.8 Å². The van der Waals surface area contributed by atoms with Crippen LogP contribution in [-0.2, 0) is 9.53 Å². The van der Waals surface area contributed by atoms with E-state index in [1.165, 1.54) is 0 Å². The van der Waals surface area contributed by atoms with Crippen molar-refractivity contribution in [3.8, 4) is 0 Å². The maximum atomic E-state index is 12.4. The van der Waals surface area contributed by atoms with Crippen LogP contribution >= 0.6 is 0 Å². The molecule has 0 spiro atoms. The standard InChI is InChI=1S/C12H23N3O2/c1-14-6-3-10(4-7-14)15(2)11(16)12(13)5-8-17-9-12/h10H,3-9,13H2,1-2H3. The van der Waals surface area contributed by atoms with Crippen LogP contribution in [-0.4, -0.2) is 67.7 Å². The largest absolute Gasteiger partial charge is 0.379 e. The van der Waals surface area contributed by atoms with E-state index in [4.69, 9.17) is 10.5 Å². The fourth-order valence-corrected chi connectivity index (χ4v) is 2.65. The summed E-state index contributed by atoms with van der Waals surface area (Å²) in [7, 11) is 4.00. The minimum Gasteiger partial charge on any atom is -0.379 e. The number of ether oxygens (including phenoxy) is 1. The molecule has 5 heteroatoms. The van der Waals surface area contributed by atoms with Crippen molar-refractivity contribution in [1.82, 2.24) is 9.80 Å². The Labute approximate surface area is 103 Å². The average molecular weight is 241 g/mol. The van der Waals surface area contributed by atoms with E-state index < -0.39 is 5.54 Å². The van der Waals surface area contributed by atoms with Crippen molar-refractivity contribution in [2.24, 2.45) is 5.73 Å². The van der Waals surface area contributed by atoms with Crippen molar-refractivity contribution in [3.63, 3.8) is 0 Å². The van der Waals surface area contributed by atoms with Gasteiger partial charge in [-0.3, -0.25) is 4.79 Å². The molecule has 0 bridgehead atoms. The number of rotatable bonds is 2. The number of hydrogen-bond acceptors (Lipinski definition) is 4. The van der Waals surface area contributed by atoms with Crippen LogP contribution in [0, 0.1) is 0 Å². The summed E-state index contributed by atoms with van der Waals surface area (Å²) in [5, 5.41) is 0. The Morgan fingerprint density at radius 2 is 2.12 bits per heavy atom. The van der Waals surface area contributed by atoms with Crippen LogP contribution in [0.1, 0.15) is 19.3 Å². The summed E-state index contributed by atoms with van der Waals surface area (Å²) in [6, 6.07) is 0.333. The van der Waals surface area contributed by atoms with Crippen LogP contribution in [0.15, 0.2) is 0 Å². The predicted molar refractivity (Wildman–Crippen MR) is 65.6 cm³/mol. The molecule has 98 valence electrons. The Bertz CT molecular complexity index is 281. The molecule has 2 fully saturated rings. The average Bonchev–Trinajstić information content (AvgIpc) is 2.76. The van der Waals surface area contributed by atoms with Gasteiger partial charge in [0.15, 0.2) is 0 Å². The van der Waals surface area contributed by atoms with Crippen molar-refractivity contribution in [1.29, 1.82) is 0 Å². The molecule has 2 saturated heterocycles. The van der Waals surface area contributed by atoms with Crippen molar-refractivity contribution < 1.29 is 9.53 Å². The second-order valence-corrected chi connectivity index (χ2v) is 5.41. The van der Waals surface area contributed by atoms with Gasteiger partial charge in [-0.2, -0.15) is 0 Å². The van der Waals surface area contributed by atoms with Gasteiger partial charge in [-0.1, -0.05) is 0 Å². The minimum atomic E-state index is -0.780. The smallest absolute Gasteiger partial charge is 0.245 e. The third-order valence-electron chi connectivity index (χ3n) is 4.03. The van der Waals surface area contributed by atoms with Gasteiger partial charge in [-0.15, -0.1) is 0 Å². The highest BCUT2D eigenvalue weighted by Gasteiger charge is 2.41. The molecule has 1 atom stereocenters. The zero-order chi connectivity index (χ0) is 12.5. The number of likely N-dealkylation sites (N-methyl/N-ethyl adjacent to an activating group) is 1. The first kappa shape index (κ1) is 12.8. The van der Waals surface area contributed by atoms with E-state index in [9.17, 15) is 4.79 Å². The molecule has 0 aliphatic carbocycles. The lowest BCUT2D eigenvalue weighted by atomic mass is 9.95. The van der Waals surface area contributed by atoms with Crippen LogP contribution in [0.25, 0.3) is 0 Å². The van der Waals surface area contributed by atoms with Crippen molar-refractivity contribution in [3.05, 3.63) is 0 Å². The van der Waals surface area contributed by atoms with E-state index in [-0.39, 0.29) is 5.91 Å². The molecule has 2 aliphatic heterocycles. The Morgan fingerprint density at radius 3 is 2.65 bits per heavy atom. The maximum Gasteiger partial charge on any atom is 0.245 e. The summed E-state index contributed by atoms with van der Waals surface area (Å²) in [4.78, 5) is 16.5. The van der Waals surface area contributed by atoms with E-state index in [0.29, 0.717) is 25.7 Å². The fraction of sp³-hybridized carbons (Fsp3) is 0.917. The summed E-state index contributed by atoms with van der Waals surface area (Å²) in [6.07, 6.45) is 2.72. The van der Waals surface area contributed by atoms with E-state index in [1.54, 1.807) is 0 Å². The summed E-state index contributed by atoms with van der Waals surface area (Å²) in [5.74, 6) is 0.0459. The normalized spacial score (nSPS) is 31.7. The third-order valence-corrected chi connectivity index (χ3v) is 4.03. The Kier molecular flexibility index (Phi) is 3.70. The van der Waals surface area contributed by atoms with Gasteiger partial charge in [0.25, 0.3) is 0 Å². The molecule has 1 amide bonds. The van der Waals surface area contributed by atoms with Crippen LogP contribution < -0.4 is 5.73 Å². The monoisotopic (exact) mass is 241 g/mol. The fourth-order valence-electron chi connectivity index (χ4n) is 2.65. The first-order valence-corrected chi connectivity index (χ1v) is 6.35. The van der Waals surface area contributed by atoms with E-state index >= 15 is 0 Å². The lowest BCUT2D eigenvalue weighted by Crippen LogP contribution is -2.58. The molecule has 0 saturated carbocycles. The Morgan fingerprint density at radius 1 is 1.47 bits per heavy atom. The molecular formula is C12H23N3O2. The highest BCUT2D eigenvalue weighted by atomic mass is 16.5. The summed E-state index contributed by atoms with van der Waals surface area (Å²) in [5.41, 5.74) is 5.33. The van der Waals surface area contributed by atoms with Gasteiger partial charge in [-0.05, 0) is 39.4 Å². The van der Waals surface area contributed by atoms with Gasteiger partial charge in [0.2, 0.25) is 5.91 Å². The van der Waals surface area contributed by atoms with Crippen LogP contribution in [0.5, 0.6) is 0 Å². The first-order chi connectivity index (χ1) is 8.03.